The summed E-state index contributed by atoms with van der Waals surface area (Å²) in [4.78, 5) is 5.33. The average molecular weight is 433 g/mol. The fourth-order valence-corrected chi connectivity index (χ4v) is 5.43. The first kappa shape index (κ1) is 28.1. The van der Waals surface area contributed by atoms with E-state index in [0.29, 0.717) is 12.1 Å². The molecule has 180 valence electrons. The largest absolute Gasteiger partial charge is 0.290 e. The first-order valence-electron chi connectivity index (χ1n) is 12.4. The molecule has 0 amide bonds. The average Bonchev–Trinajstić information content (AvgIpc) is 2.57. The maximum absolute atomic E-state index is 2.67. The van der Waals surface area contributed by atoms with Gasteiger partial charge >= 0.3 is 0 Å². The molecule has 0 N–H and O–H groups in total. The Kier molecular flexibility index (Phi) is 9.40. The second-order valence-corrected chi connectivity index (χ2v) is 12.8. The van der Waals surface area contributed by atoms with Crippen LogP contribution in [0, 0.1) is 0 Å². The number of hydrogen-bond acceptors (Lipinski definition) is 2. The zero-order valence-corrected chi connectivity index (χ0v) is 23.2. The zero-order valence-electron chi connectivity index (χ0n) is 23.2. The second-order valence-electron chi connectivity index (χ2n) is 12.8. The summed E-state index contributed by atoms with van der Waals surface area (Å²) in [6, 6.07) is 12.3. The Morgan fingerprint density at radius 3 is 1.26 bits per heavy atom. The number of rotatable bonds is 9. The van der Waals surface area contributed by atoms with Crippen molar-refractivity contribution in [3.8, 4) is 0 Å². The van der Waals surface area contributed by atoms with Crippen molar-refractivity contribution in [2.75, 3.05) is 26.2 Å². The second kappa shape index (κ2) is 10.4. The van der Waals surface area contributed by atoms with E-state index in [2.05, 4.69) is 130 Å². The van der Waals surface area contributed by atoms with E-state index in [1.54, 1.807) is 0 Å². The third-order valence-corrected chi connectivity index (χ3v) is 6.95. The van der Waals surface area contributed by atoms with E-state index >= 15 is 0 Å². The summed E-state index contributed by atoms with van der Waals surface area (Å²) in [5.74, 6) is 0. The molecule has 1 rings (SSSR count). The van der Waals surface area contributed by atoms with Gasteiger partial charge in [0.1, 0.15) is 5.69 Å². The summed E-state index contributed by atoms with van der Waals surface area (Å²) in [5.41, 5.74) is 1.86. The third-order valence-electron chi connectivity index (χ3n) is 6.95. The highest BCUT2D eigenvalue weighted by Crippen LogP contribution is 2.34. The van der Waals surface area contributed by atoms with Crippen LogP contribution in [-0.4, -0.2) is 64.7 Å². The Bertz CT molecular complexity index is 612. The van der Waals surface area contributed by atoms with Crippen LogP contribution in [0.15, 0.2) is 30.3 Å². The lowest BCUT2D eigenvalue weighted by atomic mass is 9.96. The van der Waals surface area contributed by atoms with Crippen LogP contribution >= 0.6 is 0 Å². The molecule has 1 aromatic rings. The molecule has 0 aromatic heterocycles. The predicted molar refractivity (Wildman–Crippen MR) is 141 cm³/mol. The molecule has 0 spiro atoms. The molecule has 0 bridgehead atoms. The van der Waals surface area contributed by atoms with Gasteiger partial charge in [0, 0.05) is 36.3 Å². The van der Waals surface area contributed by atoms with E-state index in [9.17, 15) is 0 Å². The van der Waals surface area contributed by atoms with E-state index in [4.69, 9.17) is 0 Å². The molecule has 0 saturated heterocycles. The highest BCUT2D eigenvalue weighted by atomic mass is 15.4. The van der Waals surface area contributed by atoms with E-state index in [-0.39, 0.29) is 16.6 Å². The number of nitrogens with zero attached hydrogens (tertiary/aromatic N) is 3. The first-order valence-corrected chi connectivity index (χ1v) is 12.4. The van der Waals surface area contributed by atoms with Crippen LogP contribution in [0.25, 0.3) is 0 Å². The van der Waals surface area contributed by atoms with Crippen molar-refractivity contribution >= 4 is 5.69 Å². The van der Waals surface area contributed by atoms with Gasteiger partial charge in [0.25, 0.3) is 0 Å². The minimum absolute atomic E-state index is 0.0996. The molecule has 1 aromatic carbocycles. The first-order chi connectivity index (χ1) is 13.9. The Morgan fingerprint density at radius 1 is 0.645 bits per heavy atom. The molecule has 0 aliphatic carbocycles. The van der Waals surface area contributed by atoms with Crippen molar-refractivity contribution in [1.82, 2.24) is 14.3 Å². The van der Waals surface area contributed by atoms with Crippen molar-refractivity contribution in [3.63, 3.8) is 0 Å². The quantitative estimate of drug-likeness (QED) is 0.395. The number of quaternary nitrogens is 1. The summed E-state index contributed by atoms with van der Waals surface area (Å²) in [5, 5.41) is 0. The monoisotopic (exact) mass is 432 g/mol. The number of para-hydroxylation sites is 1. The van der Waals surface area contributed by atoms with Gasteiger partial charge in [0.05, 0.1) is 18.6 Å². The van der Waals surface area contributed by atoms with Crippen molar-refractivity contribution < 1.29 is 0 Å². The summed E-state index contributed by atoms with van der Waals surface area (Å²) >= 11 is 0. The van der Waals surface area contributed by atoms with Crippen LogP contribution in [0.5, 0.6) is 0 Å². The fraction of sp³-hybridized carbons (Fsp3) is 0.786. The SMILES string of the molecule is CC(C)N(CC[N+](CCN(C(C)C)C(C)(C)C)(c1ccccc1)C(C)(C)C)C(C)(C)C. The van der Waals surface area contributed by atoms with Crippen molar-refractivity contribution in [1.29, 1.82) is 0 Å². The summed E-state index contributed by atoms with van der Waals surface area (Å²) < 4.78 is 0.992. The molecule has 0 heterocycles. The van der Waals surface area contributed by atoms with Gasteiger partial charge in [-0.15, -0.1) is 0 Å². The molecular weight excluding hydrogens is 378 g/mol. The van der Waals surface area contributed by atoms with Gasteiger partial charge in [-0.2, -0.15) is 0 Å². The Morgan fingerprint density at radius 2 is 1.00 bits per heavy atom. The number of hydrogen-bond donors (Lipinski definition) is 0. The molecule has 0 fully saturated rings. The number of benzene rings is 1. The standard InChI is InChI=1S/C28H54N3/c1-23(2)29(26(5,6)7)19-21-31(28(11,12)13,25-17-15-14-16-18-25)22-20-30(24(3)4)27(8,9)10/h14-18,23-24H,19-22H2,1-13H3/q+1. The lowest BCUT2D eigenvalue weighted by Gasteiger charge is -2.52. The van der Waals surface area contributed by atoms with E-state index in [1.165, 1.54) is 5.69 Å². The molecule has 3 nitrogen and oxygen atoms in total. The molecule has 3 heteroatoms. The minimum atomic E-state index is 0.0996. The van der Waals surface area contributed by atoms with Crippen LogP contribution in [0.3, 0.4) is 0 Å². The van der Waals surface area contributed by atoms with E-state index in [1.807, 2.05) is 0 Å². The highest BCUT2D eigenvalue weighted by Gasteiger charge is 2.44. The van der Waals surface area contributed by atoms with E-state index < -0.39 is 0 Å². The van der Waals surface area contributed by atoms with Gasteiger partial charge in [-0.05, 0) is 102 Å². The van der Waals surface area contributed by atoms with Gasteiger partial charge in [0.15, 0.2) is 0 Å². The molecule has 0 unspecified atom stereocenters. The normalized spacial score (nSPS) is 14.4. The van der Waals surface area contributed by atoms with Gasteiger partial charge in [-0.3, -0.25) is 14.3 Å². The molecular formula is C28H54N3+. The summed E-state index contributed by atoms with van der Waals surface area (Å²) in [6.07, 6.45) is 0. The molecule has 0 saturated carbocycles. The zero-order chi connectivity index (χ0) is 24.3. The fourth-order valence-electron chi connectivity index (χ4n) is 5.43. The molecule has 31 heavy (non-hydrogen) atoms. The van der Waals surface area contributed by atoms with Crippen LogP contribution in [-0.2, 0) is 0 Å². The topological polar surface area (TPSA) is 6.48 Å². The lowest BCUT2D eigenvalue weighted by molar-refractivity contribution is 0.0382. The van der Waals surface area contributed by atoms with Crippen LogP contribution in [0.4, 0.5) is 5.69 Å². The van der Waals surface area contributed by atoms with Gasteiger partial charge in [0.2, 0.25) is 0 Å². The third kappa shape index (κ3) is 7.30. The molecule has 0 radical (unpaired) electrons. The maximum atomic E-state index is 2.67. The lowest BCUT2D eigenvalue weighted by Crippen LogP contribution is -2.67. The van der Waals surface area contributed by atoms with Crippen molar-refractivity contribution in [3.05, 3.63) is 30.3 Å². The molecule has 0 aliphatic heterocycles. The molecule has 0 aliphatic rings. The molecule has 0 atom stereocenters. The summed E-state index contributed by atoms with van der Waals surface area (Å²) in [6.45, 7) is 35.1. The van der Waals surface area contributed by atoms with Crippen molar-refractivity contribution in [2.24, 2.45) is 0 Å². The van der Waals surface area contributed by atoms with E-state index in [0.717, 1.165) is 30.7 Å². The Balaban J connectivity index is 3.43. The smallest absolute Gasteiger partial charge is 0.133 e. The van der Waals surface area contributed by atoms with Crippen LogP contribution in [0.1, 0.15) is 90.0 Å². The van der Waals surface area contributed by atoms with Gasteiger partial charge in [-0.25, -0.2) is 0 Å². The van der Waals surface area contributed by atoms with Gasteiger partial charge in [-0.1, -0.05) is 18.2 Å². The van der Waals surface area contributed by atoms with Crippen molar-refractivity contribution in [2.45, 2.75) is 119 Å². The Labute approximate surface area is 195 Å². The highest BCUT2D eigenvalue weighted by molar-refractivity contribution is 5.44. The maximum Gasteiger partial charge on any atom is 0.133 e. The summed E-state index contributed by atoms with van der Waals surface area (Å²) in [7, 11) is 0. The Hall–Kier alpha value is -0.900. The minimum Gasteiger partial charge on any atom is -0.290 e. The van der Waals surface area contributed by atoms with Crippen LogP contribution < -0.4 is 4.48 Å². The predicted octanol–water partition coefficient (Wildman–Crippen LogP) is 6.81. The van der Waals surface area contributed by atoms with Crippen LogP contribution in [0.2, 0.25) is 0 Å². The van der Waals surface area contributed by atoms with Gasteiger partial charge < -0.3 is 0 Å².